The number of fused-ring (bicyclic) bond motifs is 3. The number of amides is 1. The van der Waals surface area contributed by atoms with Gasteiger partial charge in [-0.3, -0.25) is 9.52 Å². The van der Waals surface area contributed by atoms with Gasteiger partial charge in [0.1, 0.15) is 0 Å². The molecule has 0 radical (unpaired) electrons. The largest absolute Gasteiger partial charge is 0.446 e. The van der Waals surface area contributed by atoms with Gasteiger partial charge in [0.15, 0.2) is 9.84 Å². The maximum atomic E-state index is 13.6. The average molecular weight is 610 g/mol. The summed E-state index contributed by atoms with van der Waals surface area (Å²) in [6, 6.07) is 2.84. The first-order chi connectivity index (χ1) is 17.3. The highest BCUT2D eigenvalue weighted by Crippen LogP contribution is 2.59. The van der Waals surface area contributed by atoms with Crippen LogP contribution in [0.25, 0.3) is 0 Å². The monoisotopic (exact) mass is 609 g/mol. The minimum atomic E-state index is -4.69. The second kappa shape index (κ2) is 9.73. The molecule has 0 aromatic heterocycles. The molecule has 1 aromatic carbocycles. The van der Waals surface area contributed by atoms with Crippen LogP contribution in [-0.2, 0) is 20.0 Å². The van der Waals surface area contributed by atoms with Crippen molar-refractivity contribution in [2.45, 2.75) is 60.6 Å². The van der Waals surface area contributed by atoms with Gasteiger partial charge in [-0.1, -0.05) is 0 Å². The molecule has 8 nitrogen and oxygen atoms in total. The molecule has 4 aliphatic rings. The summed E-state index contributed by atoms with van der Waals surface area (Å²) < 4.78 is 132. The quantitative estimate of drug-likeness (QED) is 0.372. The summed E-state index contributed by atoms with van der Waals surface area (Å²) in [7, 11) is -7.78. The molecule has 0 atom stereocenters. The number of halogens is 6. The van der Waals surface area contributed by atoms with Crippen LogP contribution >= 0.6 is 11.8 Å². The van der Waals surface area contributed by atoms with E-state index in [0.717, 1.165) is 22.5 Å². The van der Waals surface area contributed by atoms with Gasteiger partial charge >= 0.3 is 21.9 Å². The molecule has 4 fully saturated rings. The van der Waals surface area contributed by atoms with Crippen molar-refractivity contribution < 1.29 is 48.0 Å². The Kier molecular flexibility index (Phi) is 7.49. The smallest absolute Gasteiger partial charge is 0.347 e. The fraction of sp³-hybridized carbons (Fsp3) is 0.667. The van der Waals surface area contributed by atoms with E-state index in [1.165, 1.54) is 0 Å². The van der Waals surface area contributed by atoms with Crippen LogP contribution in [0.5, 0.6) is 0 Å². The molecule has 0 spiro atoms. The third kappa shape index (κ3) is 6.20. The number of hydrogen-bond acceptors (Lipinski definition) is 6. The van der Waals surface area contributed by atoms with Gasteiger partial charge in [-0.15, -0.1) is 0 Å². The molecular weight excluding hydrogens is 584 g/mol. The molecule has 3 saturated carbocycles. The van der Waals surface area contributed by atoms with Crippen molar-refractivity contribution in [3.05, 3.63) is 23.8 Å². The Morgan fingerprint density at radius 2 is 1.50 bits per heavy atom. The minimum Gasteiger partial charge on any atom is -0.347 e. The molecule has 38 heavy (non-hydrogen) atoms. The summed E-state index contributed by atoms with van der Waals surface area (Å²) in [5.41, 5.74) is -8.27. The van der Waals surface area contributed by atoms with Gasteiger partial charge in [0.25, 0.3) is 5.91 Å². The molecule has 2 N–H and O–H groups in total. The van der Waals surface area contributed by atoms with Crippen molar-refractivity contribution in [1.82, 2.24) is 9.62 Å². The number of nitrogens with one attached hydrogen (secondary N) is 2. The second-order valence-corrected chi connectivity index (χ2v) is 15.0. The van der Waals surface area contributed by atoms with Gasteiger partial charge in [0.05, 0.1) is 28.2 Å². The van der Waals surface area contributed by atoms with Crippen molar-refractivity contribution in [3.8, 4) is 0 Å². The van der Waals surface area contributed by atoms with E-state index in [1.54, 1.807) is 0 Å². The molecule has 1 amide bonds. The van der Waals surface area contributed by atoms with E-state index in [4.69, 9.17) is 0 Å². The maximum Gasteiger partial charge on any atom is 0.446 e. The van der Waals surface area contributed by atoms with Crippen LogP contribution in [0.2, 0.25) is 0 Å². The first-order valence-corrected chi connectivity index (χ1v) is 15.7. The summed E-state index contributed by atoms with van der Waals surface area (Å²) in [6.45, 7) is -0.684. The van der Waals surface area contributed by atoms with Crippen molar-refractivity contribution in [2.24, 2.45) is 5.41 Å². The molecule has 3 aliphatic carbocycles. The maximum absolute atomic E-state index is 13.6. The summed E-state index contributed by atoms with van der Waals surface area (Å²) in [5.74, 6) is -1.75. The number of carbonyl (C=O) groups excluding carboxylic acids is 1. The number of hydrogen-bond donors (Lipinski definition) is 2. The third-order valence-corrected chi connectivity index (χ3v) is 11.4. The van der Waals surface area contributed by atoms with Gasteiger partial charge in [0, 0.05) is 23.5 Å². The standard InChI is InChI=1S/C21H25F6N3O5S3/c22-20(23,24)18-3-6-19(7-4-18,8-5-18)28-17(31)15-13-14(36-21(25,26)27)1-2-16(15)29-38(34,35)30-9-11-37(32,33)12-10-30/h1-2,13,29H,3-12H2,(H,28,31). The normalized spacial score (nSPS) is 28.2. The lowest BCUT2D eigenvalue weighted by molar-refractivity contribution is -0.253. The van der Waals surface area contributed by atoms with Gasteiger partial charge in [0.2, 0.25) is 0 Å². The number of carbonyl (C=O) groups is 1. The van der Waals surface area contributed by atoms with E-state index in [1.807, 2.05) is 0 Å². The molecule has 2 bridgehead atoms. The highest BCUT2D eigenvalue weighted by Gasteiger charge is 2.61. The molecule has 1 saturated heterocycles. The molecule has 1 aliphatic heterocycles. The van der Waals surface area contributed by atoms with Crippen LogP contribution in [-0.4, -0.2) is 68.9 Å². The SMILES string of the molecule is O=C(NC12CCC(C(F)(F)F)(CC1)CC2)c1cc(SC(F)(F)F)ccc1NS(=O)(=O)N1CCS(=O)(=O)CC1. The lowest BCUT2D eigenvalue weighted by atomic mass is 9.57. The topological polar surface area (TPSA) is 113 Å². The van der Waals surface area contributed by atoms with Crippen LogP contribution in [0, 0.1) is 5.41 Å². The van der Waals surface area contributed by atoms with Crippen molar-refractivity contribution >= 4 is 43.4 Å². The van der Waals surface area contributed by atoms with E-state index in [2.05, 4.69) is 10.0 Å². The van der Waals surface area contributed by atoms with Crippen LogP contribution in [0.4, 0.5) is 32.0 Å². The minimum absolute atomic E-state index is 0.0263. The lowest BCUT2D eigenvalue weighted by Gasteiger charge is -2.53. The summed E-state index contributed by atoms with van der Waals surface area (Å²) in [5, 5.41) is 2.69. The first kappa shape index (κ1) is 29.3. The number of anilines is 1. The van der Waals surface area contributed by atoms with E-state index in [9.17, 15) is 48.0 Å². The van der Waals surface area contributed by atoms with Gasteiger partial charge < -0.3 is 5.32 Å². The Bertz CT molecular complexity index is 1280. The van der Waals surface area contributed by atoms with Crippen molar-refractivity contribution in [1.29, 1.82) is 0 Å². The zero-order valence-corrected chi connectivity index (χ0v) is 22.2. The van der Waals surface area contributed by atoms with Crippen LogP contribution in [0.15, 0.2) is 23.1 Å². The van der Waals surface area contributed by atoms with Crippen LogP contribution in [0.3, 0.4) is 0 Å². The Balaban J connectivity index is 1.58. The summed E-state index contributed by atoms with van der Waals surface area (Å²) in [6.07, 6.45) is -4.89. The predicted molar refractivity (Wildman–Crippen MR) is 128 cm³/mol. The predicted octanol–water partition coefficient (Wildman–Crippen LogP) is 4.07. The van der Waals surface area contributed by atoms with E-state index >= 15 is 0 Å². The summed E-state index contributed by atoms with van der Waals surface area (Å²) >= 11 is -0.512. The molecular formula is C21H25F6N3O5S3. The van der Waals surface area contributed by atoms with E-state index in [-0.39, 0.29) is 57.3 Å². The second-order valence-electron chi connectivity index (χ2n) is 9.93. The van der Waals surface area contributed by atoms with Gasteiger partial charge in [-0.05, 0) is 68.5 Å². The number of alkyl halides is 6. The zero-order valence-electron chi connectivity index (χ0n) is 19.8. The number of benzene rings is 1. The van der Waals surface area contributed by atoms with Gasteiger partial charge in [-0.25, -0.2) is 8.42 Å². The molecule has 17 heteroatoms. The number of thioether (sulfide) groups is 1. The average Bonchev–Trinajstić information content (AvgIpc) is 2.79. The Morgan fingerprint density at radius 3 is 2.00 bits per heavy atom. The molecule has 1 heterocycles. The highest BCUT2D eigenvalue weighted by atomic mass is 32.2. The van der Waals surface area contributed by atoms with Crippen LogP contribution in [0.1, 0.15) is 48.9 Å². The van der Waals surface area contributed by atoms with Crippen molar-refractivity contribution in [3.63, 3.8) is 0 Å². The number of nitrogens with zero attached hydrogens (tertiary/aromatic N) is 1. The lowest BCUT2D eigenvalue weighted by Crippen LogP contribution is -2.59. The Hall–Kier alpha value is -1.72. The number of rotatable bonds is 6. The fourth-order valence-corrected chi connectivity index (χ4v) is 8.50. The summed E-state index contributed by atoms with van der Waals surface area (Å²) in [4.78, 5) is 12.9. The first-order valence-electron chi connectivity index (χ1n) is 11.6. The molecule has 5 rings (SSSR count). The third-order valence-electron chi connectivity index (χ3n) is 7.58. The number of sulfone groups is 1. The van der Waals surface area contributed by atoms with Crippen molar-refractivity contribution in [2.75, 3.05) is 29.3 Å². The van der Waals surface area contributed by atoms with E-state index in [0.29, 0.717) is 0 Å². The Labute approximate surface area is 220 Å². The highest BCUT2D eigenvalue weighted by molar-refractivity contribution is 8.00. The fourth-order valence-electron chi connectivity index (χ4n) is 5.24. The van der Waals surface area contributed by atoms with Crippen LogP contribution < -0.4 is 10.0 Å². The van der Waals surface area contributed by atoms with E-state index < -0.39 is 82.3 Å². The molecule has 0 unspecified atom stereocenters. The van der Waals surface area contributed by atoms with Gasteiger partial charge in [-0.2, -0.15) is 39.1 Å². The molecule has 214 valence electrons. The Morgan fingerprint density at radius 1 is 0.947 bits per heavy atom. The zero-order chi connectivity index (χ0) is 28.2. The molecule has 1 aromatic rings.